The first-order valence-corrected chi connectivity index (χ1v) is 7.10. The zero-order chi connectivity index (χ0) is 15.1. The van der Waals surface area contributed by atoms with E-state index in [-0.39, 0.29) is 5.75 Å². The number of hydrogen-bond donors (Lipinski definition) is 2. The zero-order valence-electron chi connectivity index (χ0n) is 11.4. The van der Waals surface area contributed by atoms with Crippen molar-refractivity contribution in [2.24, 2.45) is 10.7 Å². The lowest BCUT2D eigenvalue weighted by Gasteiger charge is -2.06. The van der Waals surface area contributed by atoms with Gasteiger partial charge in [0.25, 0.3) is 0 Å². The van der Waals surface area contributed by atoms with Crippen LogP contribution in [0.5, 0.6) is 17.2 Å². The van der Waals surface area contributed by atoms with Crippen LogP contribution in [-0.2, 0) is 0 Å². The van der Waals surface area contributed by atoms with Gasteiger partial charge in [-0.25, -0.2) is 9.98 Å². The summed E-state index contributed by atoms with van der Waals surface area (Å²) in [5.41, 5.74) is 5.76. The molecule has 1 heterocycles. The SMILES string of the molecule is C/C=C/SC(N)=Nc1cc(Oc2ccc(O)cc2)ccn1. The van der Waals surface area contributed by atoms with Gasteiger partial charge in [0.05, 0.1) is 0 Å². The summed E-state index contributed by atoms with van der Waals surface area (Å²) in [6.07, 6.45) is 3.48. The summed E-state index contributed by atoms with van der Waals surface area (Å²) in [7, 11) is 0. The molecule has 3 N–H and O–H groups in total. The highest BCUT2D eigenvalue weighted by atomic mass is 32.2. The number of allylic oxidation sites excluding steroid dienone is 1. The average Bonchev–Trinajstić information content (AvgIpc) is 2.48. The largest absolute Gasteiger partial charge is 0.508 e. The van der Waals surface area contributed by atoms with Crippen LogP contribution in [0.25, 0.3) is 0 Å². The Morgan fingerprint density at radius 2 is 2.05 bits per heavy atom. The third-order valence-electron chi connectivity index (χ3n) is 2.34. The van der Waals surface area contributed by atoms with E-state index in [4.69, 9.17) is 10.5 Å². The van der Waals surface area contributed by atoms with Crippen molar-refractivity contribution in [2.45, 2.75) is 6.92 Å². The van der Waals surface area contributed by atoms with Gasteiger partial charge < -0.3 is 15.6 Å². The van der Waals surface area contributed by atoms with Crippen LogP contribution in [0, 0.1) is 0 Å². The summed E-state index contributed by atoms with van der Waals surface area (Å²) in [6.45, 7) is 1.91. The van der Waals surface area contributed by atoms with Crippen LogP contribution in [0.2, 0.25) is 0 Å². The minimum Gasteiger partial charge on any atom is -0.508 e. The Morgan fingerprint density at radius 1 is 1.29 bits per heavy atom. The van der Waals surface area contributed by atoms with Crippen molar-refractivity contribution in [1.82, 2.24) is 4.98 Å². The number of thioether (sulfide) groups is 1. The average molecular weight is 301 g/mol. The molecule has 108 valence electrons. The molecule has 0 aliphatic heterocycles. The van der Waals surface area contributed by atoms with Crippen molar-refractivity contribution in [1.29, 1.82) is 0 Å². The van der Waals surface area contributed by atoms with Crippen LogP contribution in [0.1, 0.15) is 6.92 Å². The molecule has 0 radical (unpaired) electrons. The molecule has 5 nitrogen and oxygen atoms in total. The monoisotopic (exact) mass is 301 g/mol. The molecule has 0 aliphatic carbocycles. The minimum atomic E-state index is 0.191. The van der Waals surface area contributed by atoms with Crippen LogP contribution in [0.4, 0.5) is 5.82 Å². The van der Waals surface area contributed by atoms with Crippen molar-refractivity contribution >= 4 is 22.7 Å². The second-order valence-electron chi connectivity index (χ2n) is 3.98. The summed E-state index contributed by atoms with van der Waals surface area (Å²) in [4.78, 5) is 8.31. The van der Waals surface area contributed by atoms with E-state index >= 15 is 0 Å². The zero-order valence-corrected chi connectivity index (χ0v) is 12.2. The summed E-state index contributed by atoms with van der Waals surface area (Å²) in [6, 6.07) is 9.88. The number of phenols is 1. The molecule has 0 amide bonds. The minimum absolute atomic E-state index is 0.191. The highest BCUT2D eigenvalue weighted by Crippen LogP contribution is 2.25. The van der Waals surface area contributed by atoms with Crippen LogP contribution < -0.4 is 10.5 Å². The number of amidine groups is 1. The maximum Gasteiger partial charge on any atom is 0.165 e. The van der Waals surface area contributed by atoms with E-state index in [9.17, 15) is 5.11 Å². The Labute approximate surface area is 127 Å². The Balaban J connectivity index is 2.12. The fraction of sp³-hybridized carbons (Fsp3) is 0.0667. The van der Waals surface area contributed by atoms with E-state index in [0.717, 1.165) is 0 Å². The molecule has 2 rings (SSSR count). The molecule has 21 heavy (non-hydrogen) atoms. The first-order chi connectivity index (χ1) is 10.2. The second kappa shape index (κ2) is 7.35. The van der Waals surface area contributed by atoms with Crippen LogP contribution in [0.15, 0.2) is 59.1 Å². The van der Waals surface area contributed by atoms with Gasteiger partial charge in [-0.15, -0.1) is 0 Å². The number of ether oxygens (including phenoxy) is 1. The van der Waals surface area contributed by atoms with Gasteiger partial charge in [0.15, 0.2) is 11.0 Å². The third-order valence-corrected chi connectivity index (χ3v) is 3.08. The van der Waals surface area contributed by atoms with Crippen molar-refractivity contribution in [3.05, 3.63) is 54.1 Å². The van der Waals surface area contributed by atoms with Gasteiger partial charge in [-0.05, 0) is 42.7 Å². The lowest BCUT2D eigenvalue weighted by Crippen LogP contribution is -2.04. The Bertz CT molecular complexity index is 654. The first kappa shape index (κ1) is 14.9. The van der Waals surface area contributed by atoms with E-state index in [0.29, 0.717) is 22.5 Å². The van der Waals surface area contributed by atoms with E-state index in [1.54, 1.807) is 42.6 Å². The molecule has 0 unspecified atom stereocenters. The van der Waals surface area contributed by atoms with Gasteiger partial charge in [-0.1, -0.05) is 17.8 Å². The lowest BCUT2D eigenvalue weighted by atomic mass is 10.3. The van der Waals surface area contributed by atoms with Gasteiger partial charge >= 0.3 is 0 Å². The summed E-state index contributed by atoms with van der Waals surface area (Å²) in [5, 5.41) is 11.5. The smallest absolute Gasteiger partial charge is 0.165 e. The fourth-order valence-corrected chi connectivity index (χ4v) is 1.87. The number of phenolic OH excluding ortho intramolecular Hbond substituents is 1. The van der Waals surface area contributed by atoms with Gasteiger partial charge in [0, 0.05) is 12.3 Å². The first-order valence-electron chi connectivity index (χ1n) is 6.22. The molecule has 6 heteroatoms. The van der Waals surface area contributed by atoms with Crippen LogP contribution >= 0.6 is 11.8 Å². The van der Waals surface area contributed by atoms with Crippen LogP contribution in [0.3, 0.4) is 0 Å². The molecular weight excluding hydrogens is 286 g/mol. The van der Waals surface area contributed by atoms with Gasteiger partial charge in [0.1, 0.15) is 17.2 Å². The molecule has 1 aromatic heterocycles. The number of nitrogens with two attached hydrogens (primary N) is 1. The van der Waals surface area contributed by atoms with Crippen molar-refractivity contribution in [3.8, 4) is 17.2 Å². The maximum atomic E-state index is 9.23. The van der Waals surface area contributed by atoms with Gasteiger partial charge in [-0.3, -0.25) is 0 Å². The predicted octanol–water partition coefficient (Wildman–Crippen LogP) is 3.79. The highest BCUT2D eigenvalue weighted by molar-refractivity contribution is 8.16. The number of aromatic nitrogens is 1. The van der Waals surface area contributed by atoms with E-state index in [1.807, 2.05) is 18.4 Å². The normalized spacial score (nSPS) is 11.8. The fourth-order valence-electron chi connectivity index (χ4n) is 1.45. The molecule has 0 fully saturated rings. The number of pyridine rings is 1. The van der Waals surface area contributed by atoms with Crippen LogP contribution in [-0.4, -0.2) is 15.3 Å². The summed E-state index contributed by atoms with van der Waals surface area (Å²) in [5.74, 6) is 1.88. The van der Waals surface area contributed by atoms with E-state index in [1.165, 1.54) is 11.8 Å². The Kier molecular flexibility index (Phi) is 5.22. The molecule has 0 bridgehead atoms. The summed E-state index contributed by atoms with van der Waals surface area (Å²) < 4.78 is 5.65. The van der Waals surface area contributed by atoms with Crippen molar-refractivity contribution in [2.75, 3.05) is 0 Å². The topological polar surface area (TPSA) is 80.7 Å². The van der Waals surface area contributed by atoms with Gasteiger partial charge in [-0.2, -0.15) is 0 Å². The second-order valence-corrected chi connectivity index (χ2v) is 4.91. The highest BCUT2D eigenvalue weighted by Gasteiger charge is 2.01. The Hall–Kier alpha value is -2.47. The molecule has 1 aromatic carbocycles. The molecule has 0 saturated carbocycles. The third kappa shape index (κ3) is 4.85. The quantitative estimate of drug-likeness (QED) is 0.663. The Morgan fingerprint density at radius 3 is 2.76 bits per heavy atom. The number of nitrogens with zero attached hydrogens (tertiary/aromatic N) is 2. The summed E-state index contributed by atoms with van der Waals surface area (Å²) >= 11 is 1.32. The number of benzene rings is 1. The number of aromatic hydroxyl groups is 1. The molecule has 0 spiro atoms. The predicted molar refractivity (Wildman–Crippen MR) is 86.1 cm³/mol. The van der Waals surface area contributed by atoms with Crippen molar-refractivity contribution < 1.29 is 9.84 Å². The standard InChI is InChI=1S/C15H15N3O2S/c1-2-9-21-15(16)18-14-10-13(7-8-17-14)20-12-5-3-11(19)4-6-12/h2-10,19H,1H3,(H2,16,17,18)/b9-2+. The van der Waals surface area contributed by atoms with E-state index in [2.05, 4.69) is 9.98 Å². The lowest BCUT2D eigenvalue weighted by molar-refractivity contribution is 0.464. The molecule has 2 aromatic rings. The molecular formula is C15H15N3O2S. The maximum absolute atomic E-state index is 9.23. The molecule has 0 saturated heterocycles. The number of aliphatic imine (C=N–C) groups is 1. The number of hydrogen-bond acceptors (Lipinski definition) is 5. The molecule has 0 atom stereocenters. The van der Waals surface area contributed by atoms with E-state index < -0.39 is 0 Å². The molecule has 0 aliphatic rings. The number of rotatable bonds is 4. The van der Waals surface area contributed by atoms with Gasteiger partial charge in [0.2, 0.25) is 0 Å². The van der Waals surface area contributed by atoms with Crippen molar-refractivity contribution in [3.63, 3.8) is 0 Å².